The molecule has 0 aliphatic rings. The smallest absolute Gasteiger partial charge is 0.240 e. The number of benzene rings is 1. The lowest BCUT2D eigenvalue weighted by Gasteiger charge is -2.07. The molecule has 0 radical (unpaired) electrons. The topological polar surface area (TPSA) is 89.3 Å². The van der Waals surface area contributed by atoms with Crippen molar-refractivity contribution in [2.45, 2.75) is 37.5 Å². The Morgan fingerprint density at radius 2 is 1.80 bits per heavy atom. The molecule has 0 aliphatic heterocycles. The van der Waals surface area contributed by atoms with Crippen LogP contribution < -0.4 is 10.5 Å². The van der Waals surface area contributed by atoms with Crippen molar-refractivity contribution in [1.82, 2.24) is 4.72 Å². The summed E-state index contributed by atoms with van der Waals surface area (Å²) in [4.78, 5) is 11.7. The summed E-state index contributed by atoms with van der Waals surface area (Å²) in [7, 11) is -3.49. The van der Waals surface area contributed by atoms with E-state index in [4.69, 9.17) is 5.73 Å². The minimum absolute atomic E-state index is 0.00342. The van der Waals surface area contributed by atoms with Gasteiger partial charge in [-0.25, -0.2) is 13.1 Å². The molecule has 0 bridgehead atoms. The van der Waals surface area contributed by atoms with Gasteiger partial charge in [0.15, 0.2) is 5.78 Å². The number of carbonyl (C=O) groups excluding carboxylic acids is 1. The van der Waals surface area contributed by atoms with E-state index in [0.717, 1.165) is 19.3 Å². The van der Waals surface area contributed by atoms with Crippen LogP contribution in [0.2, 0.25) is 0 Å². The fourth-order valence-electron chi connectivity index (χ4n) is 1.76. The number of nitrogens with one attached hydrogen (secondary N) is 1. The molecule has 0 spiro atoms. The molecular weight excluding hydrogens is 276 g/mol. The largest absolute Gasteiger partial charge is 0.330 e. The maximum Gasteiger partial charge on any atom is 0.240 e. The highest BCUT2D eigenvalue weighted by Crippen LogP contribution is 2.12. The molecule has 20 heavy (non-hydrogen) atoms. The van der Waals surface area contributed by atoms with Gasteiger partial charge in [0, 0.05) is 18.5 Å². The molecule has 1 aromatic rings. The normalized spacial score (nSPS) is 11.5. The average Bonchev–Trinajstić information content (AvgIpc) is 2.46. The van der Waals surface area contributed by atoms with Crippen molar-refractivity contribution in [3.63, 3.8) is 0 Å². The predicted octanol–water partition coefficient (Wildman–Crippen LogP) is 1.69. The SMILES string of the molecule is CCC(=O)c1ccc(S(=O)(=O)NCCCCCN)cc1. The van der Waals surface area contributed by atoms with E-state index < -0.39 is 10.0 Å². The van der Waals surface area contributed by atoms with Crippen LogP contribution in [0.3, 0.4) is 0 Å². The van der Waals surface area contributed by atoms with E-state index in [9.17, 15) is 13.2 Å². The van der Waals surface area contributed by atoms with Crippen molar-refractivity contribution >= 4 is 15.8 Å². The van der Waals surface area contributed by atoms with Gasteiger partial charge in [-0.05, 0) is 31.5 Å². The Morgan fingerprint density at radius 3 is 2.35 bits per heavy atom. The lowest BCUT2D eigenvalue weighted by atomic mass is 10.1. The Morgan fingerprint density at radius 1 is 1.15 bits per heavy atom. The second kappa shape index (κ2) is 8.14. The molecule has 0 aromatic heterocycles. The molecule has 0 atom stereocenters. The second-order valence-electron chi connectivity index (χ2n) is 4.55. The molecular formula is C14H22N2O3S. The Hall–Kier alpha value is -1.24. The summed E-state index contributed by atoms with van der Waals surface area (Å²) in [6.45, 7) is 2.80. The molecule has 0 amide bonds. The number of Topliss-reactive ketones (excluding diaryl/α,β-unsaturated/α-hetero) is 1. The summed E-state index contributed by atoms with van der Waals surface area (Å²) in [6, 6.07) is 6.03. The van der Waals surface area contributed by atoms with E-state index in [0.29, 0.717) is 25.1 Å². The highest BCUT2D eigenvalue weighted by molar-refractivity contribution is 7.89. The van der Waals surface area contributed by atoms with Crippen molar-refractivity contribution in [3.8, 4) is 0 Å². The summed E-state index contributed by atoms with van der Waals surface area (Å²) >= 11 is 0. The summed E-state index contributed by atoms with van der Waals surface area (Å²) in [5, 5.41) is 0. The van der Waals surface area contributed by atoms with Crippen LogP contribution in [0.25, 0.3) is 0 Å². The van der Waals surface area contributed by atoms with Crippen LogP contribution in [-0.4, -0.2) is 27.3 Å². The number of rotatable bonds is 9. The lowest BCUT2D eigenvalue weighted by molar-refractivity contribution is 0.0988. The quantitative estimate of drug-likeness (QED) is 0.536. The third-order valence-corrected chi connectivity index (χ3v) is 4.46. The number of hydrogen-bond acceptors (Lipinski definition) is 4. The van der Waals surface area contributed by atoms with Crippen LogP contribution in [0, 0.1) is 0 Å². The monoisotopic (exact) mass is 298 g/mol. The molecule has 1 aromatic carbocycles. The molecule has 0 aliphatic carbocycles. The minimum Gasteiger partial charge on any atom is -0.330 e. The van der Waals surface area contributed by atoms with Crippen molar-refractivity contribution < 1.29 is 13.2 Å². The van der Waals surface area contributed by atoms with Gasteiger partial charge in [0.1, 0.15) is 0 Å². The Bertz CT molecular complexity index is 524. The zero-order valence-electron chi connectivity index (χ0n) is 11.8. The Kier molecular flexibility index (Phi) is 6.84. The van der Waals surface area contributed by atoms with E-state index in [-0.39, 0.29) is 10.7 Å². The molecule has 0 unspecified atom stereocenters. The highest BCUT2D eigenvalue weighted by atomic mass is 32.2. The first-order chi connectivity index (χ1) is 9.51. The fourth-order valence-corrected chi connectivity index (χ4v) is 2.83. The molecule has 1 rings (SSSR count). The Balaban J connectivity index is 2.61. The van der Waals surface area contributed by atoms with E-state index in [1.807, 2.05) is 0 Å². The number of ketones is 1. The van der Waals surface area contributed by atoms with Gasteiger partial charge in [0.25, 0.3) is 0 Å². The molecule has 6 heteroatoms. The zero-order valence-corrected chi connectivity index (χ0v) is 12.6. The third kappa shape index (κ3) is 5.03. The van der Waals surface area contributed by atoms with Crippen LogP contribution in [0.5, 0.6) is 0 Å². The van der Waals surface area contributed by atoms with Crippen LogP contribution in [0.15, 0.2) is 29.2 Å². The lowest BCUT2D eigenvalue weighted by Crippen LogP contribution is -2.25. The van der Waals surface area contributed by atoms with Gasteiger partial charge in [0.2, 0.25) is 10.0 Å². The van der Waals surface area contributed by atoms with E-state index in [1.165, 1.54) is 12.1 Å². The number of sulfonamides is 1. The Labute approximate surface area is 120 Å². The van der Waals surface area contributed by atoms with Crippen LogP contribution in [0.1, 0.15) is 43.0 Å². The van der Waals surface area contributed by atoms with E-state index in [1.54, 1.807) is 19.1 Å². The van der Waals surface area contributed by atoms with Gasteiger partial charge in [-0.1, -0.05) is 25.5 Å². The first-order valence-corrected chi connectivity index (χ1v) is 8.32. The second-order valence-corrected chi connectivity index (χ2v) is 6.32. The molecule has 0 fully saturated rings. The van der Waals surface area contributed by atoms with Crippen LogP contribution >= 0.6 is 0 Å². The van der Waals surface area contributed by atoms with Gasteiger partial charge >= 0.3 is 0 Å². The van der Waals surface area contributed by atoms with Crippen molar-refractivity contribution in [3.05, 3.63) is 29.8 Å². The zero-order chi connectivity index (χ0) is 15.0. The number of hydrogen-bond donors (Lipinski definition) is 2. The molecule has 0 heterocycles. The van der Waals surface area contributed by atoms with Crippen LogP contribution in [-0.2, 0) is 10.0 Å². The molecule has 3 N–H and O–H groups in total. The van der Waals surface area contributed by atoms with Crippen LogP contribution in [0.4, 0.5) is 0 Å². The first-order valence-electron chi connectivity index (χ1n) is 6.84. The number of nitrogens with two attached hydrogens (primary N) is 1. The van der Waals surface area contributed by atoms with Gasteiger partial charge in [-0.3, -0.25) is 4.79 Å². The van der Waals surface area contributed by atoms with Gasteiger partial charge in [-0.2, -0.15) is 0 Å². The molecule has 0 saturated carbocycles. The average molecular weight is 298 g/mol. The number of carbonyl (C=O) groups is 1. The minimum atomic E-state index is -3.49. The predicted molar refractivity (Wildman–Crippen MR) is 79.2 cm³/mol. The fraction of sp³-hybridized carbons (Fsp3) is 0.500. The van der Waals surface area contributed by atoms with E-state index >= 15 is 0 Å². The summed E-state index contributed by atoms with van der Waals surface area (Å²) in [5.41, 5.74) is 5.91. The van der Waals surface area contributed by atoms with Gasteiger partial charge < -0.3 is 5.73 Å². The molecule has 5 nitrogen and oxygen atoms in total. The number of unbranched alkanes of at least 4 members (excludes halogenated alkanes) is 2. The maximum atomic E-state index is 12.0. The summed E-state index contributed by atoms with van der Waals surface area (Å²) in [5.74, 6) is 0.00342. The molecule has 0 saturated heterocycles. The third-order valence-electron chi connectivity index (χ3n) is 2.98. The molecule has 112 valence electrons. The van der Waals surface area contributed by atoms with Crippen molar-refractivity contribution in [2.75, 3.05) is 13.1 Å². The highest BCUT2D eigenvalue weighted by Gasteiger charge is 2.13. The standard InChI is InChI=1S/C14H22N2O3S/c1-2-14(17)12-6-8-13(9-7-12)20(18,19)16-11-5-3-4-10-15/h6-9,16H,2-5,10-11,15H2,1H3. The first kappa shape index (κ1) is 16.8. The van der Waals surface area contributed by atoms with Gasteiger partial charge in [0.05, 0.1) is 4.90 Å². The summed E-state index contributed by atoms with van der Waals surface area (Å²) < 4.78 is 26.5. The summed E-state index contributed by atoms with van der Waals surface area (Å²) in [6.07, 6.45) is 2.98. The van der Waals surface area contributed by atoms with Crippen molar-refractivity contribution in [1.29, 1.82) is 0 Å². The van der Waals surface area contributed by atoms with Crippen molar-refractivity contribution in [2.24, 2.45) is 5.73 Å². The maximum absolute atomic E-state index is 12.0. The van der Waals surface area contributed by atoms with Gasteiger partial charge in [-0.15, -0.1) is 0 Å². The van der Waals surface area contributed by atoms with E-state index in [2.05, 4.69) is 4.72 Å².